The molecule has 2 fully saturated rings. The topological polar surface area (TPSA) is 287 Å². The van der Waals surface area contributed by atoms with Crippen LogP contribution in [0.1, 0.15) is 94.7 Å². The number of benzene rings is 1. The Morgan fingerprint density at radius 1 is 0.866 bits per heavy atom. The maximum Gasteiger partial charge on any atom is 0.490 e. The Kier molecular flexibility index (Phi) is 20.8. The number of carboxylic acids is 1. The van der Waals surface area contributed by atoms with Crippen molar-refractivity contribution >= 4 is 53.1 Å². The Bertz CT molecular complexity index is 2050. The van der Waals surface area contributed by atoms with E-state index in [0.717, 1.165) is 32.1 Å². The van der Waals surface area contributed by atoms with Gasteiger partial charge in [-0.3, -0.25) is 43.3 Å². The lowest BCUT2D eigenvalue weighted by Gasteiger charge is -2.35. The van der Waals surface area contributed by atoms with Crippen LogP contribution < -0.4 is 37.2 Å². The number of nitrogens with one attached hydrogen (secondary N) is 7. The molecule has 0 unspecified atom stereocenters. The minimum absolute atomic E-state index is 0.0623. The first-order valence-corrected chi connectivity index (χ1v) is 21.8. The third-order valence-electron chi connectivity index (χ3n) is 11.0. The summed E-state index contributed by atoms with van der Waals surface area (Å²) in [5, 5.41) is 26.5. The maximum atomic E-state index is 14.0. The lowest BCUT2D eigenvalue weighted by atomic mass is 9.82. The fourth-order valence-electron chi connectivity index (χ4n) is 7.42. The molecule has 23 heteroatoms. The molecule has 2 heterocycles. The molecule has 67 heavy (non-hydrogen) atoms. The third-order valence-corrected chi connectivity index (χ3v) is 11.0. The van der Waals surface area contributed by atoms with E-state index in [1.165, 1.54) is 23.5 Å². The van der Waals surface area contributed by atoms with E-state index >= 15 is 0 Å². The van der Waals surface area contributed by atoms with Crippen LogP contribution in [0.4, 0.5) is 13.2 Å². The number of alkyl halides is 3. The van der Waals surface area contributed by atoms with Gasteiger partial charge in [-0.1, -0.05) is 83.7 Å². The van der Waals surface area contributed by atoms with E-state index in [1.54, 1.807) is 72.1 Å². The SMILES string of the molecule is CCC[C@H](NC(=O)[C@@H]1CNC[C@@H]1NC(=O)[C@@H](NC(=O)[C@@H](NC(=O)c1cnccn1)C1CCCCC1)C(C)(C)C)C(=O)C(=O)NCC(=O)N[C@H](C(=O)N(C)C)c1ccccc1.O=C(O)C(F)(F)F. The Hall–Kier alpha value is -6.52. The molecule has 1 saturated carbocycles. The molecule has 368 valence electrons. The molecule has 1 aliphatic heterocycles. The van der Waals surface area contributed by atoms with Crippen molar-refractivity contribution in [2.75, 3.05) is 33.7 Å². The Balaban J connectivity index is 0.00000157. The van der Waals surface area contributed by atoms with E-state index in [1.807, 2.05) is 0 Å². The standard InChI is InChI=1S/C42H60N10O8.C2HF3O2/c1-7-14-28(34(54)39(58)46-24-31(53)49-33(41(60)52(5)6)26-17-12-9-13-18-26)47-36(55)27-21-44-22-29(27)48-40(59)35(42(2,3)4)51-38(57)32(25-15-10-8-11-16-25)50-37(56)30-23-43-19-20-45-30;3-2(4,5)1(6)7/h9,12-13,17-20,23,25,27-29,32-33,35,44H,7-8,10-11,14-16,21-22,24H2,1-6H3,(H,46,58)(H,47,55)(H,48,59)(H,49,53)(H,50,56)(H,51,57);(H,6,7)/t27-,28+,29+,32+,33+,35-;/m1./s1. The fraction of sp³-hybridized carbons (Fsp3) is 0.568. The van der Waals surface area contributed by atoms with Gasteiger partial charge in [0.2, 0.25) is 35.3 Å². The van der Waals surface area contributed by atoms with Crippen molar-refractivity contribution in [1.82, 2.24) is 52.1 Å². The van der Waals surface area contributed by atoms with E-state index < -0.39 is 101 Å². The number of carbonyl (C=O) groups excluding carboxylic acids is 8. The quantitative estimate of drug-likeness (QED) is 0.0968. The van der Waals surface area contributed by atoms with E-state index in [9.17, 15) is 51.5 Å². The van der Waals surface area contributed by atoms with Gasteiger partial charge in [-0.2, -0.15) is 13.2 Å². The molecule has 1 aromatic carbocycles. The third kappa shape index (κ3) is 17.0. The van der Waals surface area contributed by atoms with Gasteiger partial charge in [0.1, 0.15) is 23.8 Å². The number of Topliss-reactive ketones (excluding diaryl/α,β-unsaturated/α-hetero) is 1. The van der Waals surface area contributed by atoms with Crippen molar-refractivity contribution < 1.29 is 61.4 Å². The van der Waals surface area contributed by atoms with Gasteiger partial charge in [0, 0.05) is 39.6 Å². The van der Waals surface area contributed by atoms with Crippen LogP contribution in [0.2, 0.25) is 0 Å². The van der Waals surface area contributed by atoms with Gasteiger partial charge >= 0.3 is 12.1 Å². The number of ketones is 1. The van der Waals surface area contributed by atoms with Gasteiger partial charge in [-0.25, -0.2) is 9.78 Å². The molecule has 0 spiro atoms. The van der Waals surface area contributed by atoms with E-state index in [2.05, 4.69) is 47.2 Å². The largest absolute Gasteiger partial charge is 0.490 e. The number of aromatic nitrogens is 2. The number of amides is 7. The molecule has 0 radical (unpaired) electrons. The van der Waals surface area contributed by atoms with Gasteiger partial charge in [-0.05, 0) is 36.2 Å². The minimum atomic E-state index is -5.08. The highest BCUT2D eigenvalue weighted by Crippen LogP contribution is 2.28. The monoisotopic (exact) mass is 946 g/mol. The lowest BCUT2D eigenvalue weighted by Crippen LogP contribution is -2.61. The average molecular weight is 947 g/mol. The number of nitrogens with zero attached hydrogens (tertiary/aromatic N) is 3. The van der Waals surface area contributed by atoms with Crippen LogP contribution in [0.5, 0.6) is 0 Å². The molecule has 2 aromatic rings. The minimum Gasteiger partial charge on any atom is -0.475 e. The van der Waals surface area contributed by atoms with Crippen LogP contribution in [-0.2, 0) is 38.4 Å². The molecule has 0 bridgehead atoms. The highest BCUT2D eigenvalue weighted by atomic mass is 19.4. The van der Waals surface area contributed by atoms with Crippen LogP contribution >= 0.6 is 0 Å². The second-order valence-corrected chi connectivity index (χ2v) is 17.5. The highest BCUT2D eigenvalue weighted by molar-refractivity contribution is 6.38. The summed E-state index contributed by atoms with van der Waals surface area (Å²) in [5.74, 6) is -9.05. The second-order valence-electron chi connectivity index (χ2n) is 17.5. The molecular weight excluding hydrogens is 886 g/mol. The van der Waals surface area contributed by atoms with Crippen LogP contribution in [0.15, 0.2) is 48.9 Å². The number of rotatable bonds is 18. The van der Waals surface area contributed by atoms with Crippen LogP contribution in [0.25, 0.3) is 0 Å². The molecule has 1 saturated heterocycles. The van der Waals surface area contributed by atoms with Crippen LogP contribution in [0, 0.1) is 17.3 Å². The van der Waals surface area contributed by atoms with Gasteiger partial charge in [-0.15, -0.1) is 0 Å². The zero-order valence-corrected chi connectivity index (χ0v) is 38.3. The molecule has 6 atom stereocenters. The molecule has 1 aliphatic carbocycles. The number of halogens is 3. The first-order chi connectivity index (χ1) is 31.5. The smallest absolute Gasteiger partial charge is 0.475 e. The molecular formula is C44H61F3N10O10. The number of aliphatic carboxylic acids is 1. The molecule has 1 aromatic heterocycles. The second kappa shape index (κ2) is 25.4. The van der Waals surface area contributed by atoms with Gasteiger partial charge < -0.3 is 47.2 Å². The van der Waals surface area contributed by atoms with Gasteiger partial charge in [0.15, 0.2) is 0 Å². The normalized spacial score (nSPS) is 17.9. The Labute approximate surface area is 386 Å². The number of likely N-dealkylation sites (N-methyl/N-ethyl adjacent to an activating group) is 1. The van der Waals surface area contributed by atoms with Crippen molar-refractivity contribution in [3.05, 3.63) is 60.2 Å². The summed E-state index contributed by atoms with van der Waals surface area (Å²) in [6.45, 7) is 6.95. The molecule has 7 amide bonds. The zero-order chi connectivity index (χ0) is 50.1. The van der Waals surface area contributed by atoms with Crippen molar-refractivity contribution in [2.24, 2.45) is 17.3 Å². The summed E-state index contributed by atoms with van der Waals surface area (Å²) in [4.78, 5) is 125. The molecule has 8 N–H and O–H groups in total. The summed E-state index contributed by atoms with van der Waals surface area (Å²) in [6.07, 6.45) is 3.90. The number of hydrogen-bond donors (Lipinski definition) is 8. The average Bonchev–Trinajstić information content (AvgIpc) is 3.75. The fourth-order valence-corrected chi connectivity index (χ4v) is 7.42. The maximum absolute atomic E-state index is 14.0. The van der Waals surface area contributed by atoms with Crippen molar-refractivity contribution in [2.45, 2.75) is 109 Å². The van der Waals surface area contributed by atoms with Crippen molar-refractivity contribution in [3.63, 3.8) is 0 Å². The first kappa shape index (κ1) is 54.8. The first-order valence-electron chi connectivity index (χ1n) is 21.8. The highest BCUT2D eigenvalue weighted by Gasteiger charge is 2.42. The summed E-state index contributed by atoms with van der Waals surface area (Å²) in [5.41, 5.74) is -0.188. The number of carboxylic acid groups (broad SMARTS) is 1. The van der Waals surface area contributed by atoms with Crippen LogP contribution in [-0.4, -0.2) is 137 Å². The van der Waals surface area contributed by atoms with Crippen molar-refractivity contribution in [3.8, 4) is 0 Å². The molecule has 20 nitrogen and oxygen atoms in total. The summed E-state index contributed by atoms with van der Waals surface area (Å²) >= 11 is 0. The van der Waals surface area contributed by atoms with Gasteiger partial charge in [0.05, 0.1) is 30.7 Å². The van der Waals surface area contributed by atoms with Gasteiger partial charge in [0.25, 0.3) is 11.8 Å². The summed E-state index contributed by atoms with van der Waals surface area (Å²) in [7, 11) is 3.10. The Morgan fingerprint density at radius 3 is 2.06 bits per heavy atom. The molecule has 4 rings (SSSR count). The Morgan fingerprint density at radius 2 is 1.51 bits per heavy atom. The number of hydrogen-bond acceptors (Lipinski definition) is 12. The van der Waals surface area contributed by atoms with E-state index in [-0.39, 0.29) is 37.0 Å². The lowest BCUT2D eigenvalue weighted by molar-refractivity contribution is -0.192. The predicted octanol–water partition coefficient (Wildman–Crippen LogP) is 0.940. The summed E-state index contributed by atoms with van der Waals surface area (Å²) in [6, 6.07) is 3.63. The summed E-state index contributed by atoms with van der Waals surface area (Å²) < 4.78 is 31.7. The van der Waals surface area contributed by atoms with Crippen LogP contribution in [0.3, 0.4) is 0 Å². The predicted molar refractivity (Wildman–Crippen MR) is 234 cm³/mol. The zero-order valence-electron chi connectivity index (χ0n) is 38.3. The number of carbonyl (C=O) groups is 9. The van der Waals surface area contributed by atoms with E-state index in [4.69, 9.17) is 9.90 Å². The molecule has 2 aliphatic rings. The van der Waals surface area contributed by atoms with E-state index in [0.29, 0.717) is 12.0 Å². The van der Waals surface area contributed by atoms with Crippen molar-refractivity contribution in [1.29, 1.82) is 0 Å².